The van der Waals surface area contributed by atoms with Crippen molar-refractivity contribution in [3.63, 3.8) is 0 Å². The van der Waals surface area contributed by atoms with E-state index < -0.39 is 34.7 Å². The Morgan fingerprint density at radius 1 is 1.40 bits per heavy atom. The zero-order valence-electron chi connectivity index (χ0n) is 10.4. The fourth-order valence-corrected chi connectivity index (χ4v) is 2.25. The van der Waals surface area contributed by atoms with E-state index >= 15 is 0 Å². The van der Waals surface area contributed by atoms with E-state index in [1.807, 2.05) is 0 Å². The van der Waals surface area contributed by atoms with Crippen LogP contribution in [0, 0.1) is 17.5 Å². The van der Waals surface area contributed by atoms with Crippen molar-refractivity contribution in [1.29, 1.82) is 0 Å². The molecule has 4 nitrogen and oxygen atoms in total. The number of likely N-dealkylation sites (tertiary alicyclic amines) is 1. The highest BCUT2D eigenvalue weighted by Gasteiger charge is 2.32. The summed E-state index contributed by atoms with van der Waals surface area (Å²) in [6.45, 7) is 0.586. The van der Waals surface area contributed by atoms with Crippen molar-refractivity contribution in [1.82, 2.24) is 4.90 Å². The molecule has 1 atom stereocenters. The normalized spacial score (nSPS) is 18.0. The maximum Gasteiger partial charge on any atom is 0.257 e. The van der Waals surface area contributed by atoms with Gasteiger partial charge in [-0.05, 0) is 18.9 Å². The minimum Gasteiger partial charge on any atom is -0.503 e. The van der Waals surface area contributed by atoms with Crippen molar-refractivity contribution in [3.05, 3.63) is 29.1 Å². The van der Waals surface area contributed by atoms with Crippen LogP contribution in [-0.2, 0) is 0 Å². The van der Waals surface area contributed by atoms with Crippen LogP contribution in [0.5, 0.6) is 5.75 Å². The number of carbonyl (C=O) groups excluding carboxylic acids is 1. The molecule has 1 aliphatic heterocycles. The highest BCUT2D eigenvalue weighted by Crippen LogP contribution is 2.28. The van der Waals surface area contributed by atoms with Gasteiger partial charge in [0.25, 0.3) is 5.91 Å². The van der Waals surface area contributed by atoms with E-state index in [-0.39, 0.29) is 25.0 Å². The molecule has 1 amide bonds. The number of halogens is 4. The van der Waals surface area contributed by atoms with Crippen LogP contribution >= 0.6 is 12.4 Å². The van der Waals surface area contributed by atoms with Gasteiger partial charge >= 0.3 is 0 Å². The van der Waals surface area contributed by atoms with Gasteiger partial charge in [0, 0.05) is 19.1 Å². The molecule has 0 aliphatic carbocycles. The lowest BCUT2D eigenvalue weighted by Crippen LogP contribution is -2.40. The number of phenolic OH excluding ortho intramolecular Hbond substituents is 1. The van der Waals surface area contributed by atoms with Crippen LogP contribution in [0.25, 0.3) is 0 Å². The van der Waals surface area contributed by atoms with Gasteiger partial charge in [0.15, 0.2) is 17.4 Å². The first-order valence-corrected chi connectivity index (χ1v) is 5.84. The lowest BCUT2D eigenvalue weighted by Gasteiger charge is -2.23. The molecule has 1 saturated heterocycles. The van der Waals surface area contributed by atoms with Crippen molar-refractivity contribution in [2.75, 3.05) is 13.1 Å². The number of hydrogen-bond acceptors (Lipinski definition) is 3. The molecule has 1 aromatic carbocycles. The molecule has 3 N–H and O–H groups in total. The number of nitrogens with two attached hydrogens (primary N) is 1. The zero-order valence-corrected chi connectivity index (χ0v) is 11.2. The molecule has 0 saturated carbocycles. The van der Waals surface area contributed by atoms with Crippen LogP contribution in [-0.4, -0.2) is 35.0 Å². The van der Waals surface area contributed by atoms with Crippen LogP contribution in [0.15, 0.2) is 6.07 Å². The highest BCUT2D eigenvalue weighted by atomic mass is 35.5. The first-order chi connectivity index (χ1) is 8.97. The molecule has 0 aromatic heterocycles. The number of amides is 1. The Hall–Kier alpha value is -1.47. The first kappa shape index (κ1) is 16.6. The maximum atomic E-state index is 13.6. The Balaban J connectivity index is 0.00000200. The van der Waals surface area contributed by atoms with Crippen molar-refractivity contribution in [2.45, 2.75) is 18.9 Å². The predicted molar refractivity (Wildman–Crippen MR) is 68.3 cm³/mol. The van der Waals surface area contributed by atoms with Crippen LogP contribution in [0.3, 0.4) is 0 Å². The Kier molecular flexibility index (Phi) is 5.24. The SMILES string of the molecule is Cl.NCC1CCCN1C(=O)c1cc(F)c(F)c(O)c1F. The molecular formula is C12H14ClF3N2O2. The third-order valence-electron chi connectivity index (χ3n) is 3.27. The van der Waals surface area contributed by atoms with E-state index in [0.717, 1.165) is 0 Å². The Bertz CT molecular complexity index is 528. The fraction of sp³-hybridized carbons (Fsp3) is 0.417. The van der Waals surface area contributed by atoms with Crippen molar-refractivity contribution < 1.29 is 23.1 Å². The number of phenols is 1. The van der Waals surface area contributed by atoms with Gasteiger partial charge in [-0.1, -0.05) is 0 Å². The standard InChI is InChI=1S/C12H13F3N2O2.ClH/c13-8-4-7(9(14)11(18)10(8)15)12(19)17-3-1-2-6(17)5-16;/h4,6,18H,1-3,5,16H2;1H. The number of nitrogens with zero attached hydrogens (tertiary/aromatic N) is 1. The largest absolute Gasteiger partial charge is 0.503 e. The molecule has 1 aliphatic rings. The smallest absolute Gasteiger partial charge is 0.257 e. The molecule has 0 spiro atoms. The summed E-state index contributed by atoms with van der Waals surface area (Å²) in [5, 5.41) is 9.10. The Morgan fingerprint density at radius 2 is 2.05 bits per heavy atom. The van der Waals surface area contributed by atoms with Crippen molar-refractivity contribution in [3.8, 4) is 5.75 Å². The van der Waals surface area contributed by atoms with Gasteiger partial charge in [0.05, 0.1) is 5.56 Å². The van der Waals surface area contributed by atoms with E-state index in [1.165, 1.54) is 4.90 Å². The minimum absolute atomic E-state index is 0. The predicted octanol–water partition coefficient (Wildman–Crippen LogP) is 1.79. The first-order valence-electron chi connectivity index (χ1n) is 5.84. The van der Waals surface area contributed by atoms with Gasteiger partial charge < -0.3 is 15.7 Å². The summed E-state index contributed by atoms with van der Waals surface area (Å²) in [6.07, 6.45) is 1.39. The molecule has 8 heteroatoms. The summed E-state index contributed by atoms with van der Waals surface area (Å²) in [5.41, 5.74) is 4.81. The van der Waals surface area contributed by atoms with Crippen LogP contribution < -0.4 is 5.73 Å². The number of benzene rings is 1. The number of rotatable bonds is 2. The minimum atomic E-state index is -1.70. The summed E-state index contributed by atoms with van der Waals surface area (Å²) in [4.78, 5) is 13.4. The molecule has 1 fully saturated rings. The molecule has 1 aromatic rings. The second kappa shape index (κ2) is 6.32. The van der Waals surface area contributed by atoms with Gasteiger partial charge in [-0.3, -0.25) is 4.79 Å². The molecule has 1 heterocycles. The molecule has 20 heavy (non-hydrogen) atoms. The number of aromatic hydroxyl groups is 1. The molecule has 0 bridgehead atoms. The van der Waals surface area contributed by atoms with E-state index in [0.29, 0.717) is 25.5 Å². The van der Waals surface area contributed by atoms with Gasteiger partial charge in [-0.2, -0.15) is 4.39 Å². The molecule has 112 valence electrons. The topological polar surface area (TPSA) is 66.6 Å². The fourth-order valence-electron chi connectivity index (χ4n) is 2.25. The second-order valence-electron chi connectivity index (χ2n) is 4.41. The zero-order chi connectivity index (χ0) is 14.2. The summed E-state index contributed by atoms with van der Waals surface area (Å²) in [6, 6.07) is 0.209. The van der Waals surface area contributed by atoms with Crippen molar-refractivity contribution >= 4 is 18.3 Å². The quantitative estimate of drug-likeness (QED) is 0.819. The monoisotopic (exact) mass is 310 g/mol. The highest BCUT2D eigenvalue weighted by molar-refractivity contribution is 5.95. The molecule has 0 radical (unpaired) electrons. The maximum absolute atomic E-state index is 13.6. The van der Waals surface area contributed by atoms with Gasteiger partial charge in [0.2, 0.25) is 5.82 Å². The van der Waals surface area contributed by atoms with Crippen LogP contribution in [0.4, 0.5) is 13.2 Å². The van der Waals surface area contributed by atoms with Gasteiger partial charge in [-0.25, -0.2) is 8.78 Å². The van der Waals surface area contributed by atoms with E-state index in [9.17, 15) is 18.0 Å². The van der Waals surface area contributed by atoms with Crippen LogP contribution in [0.1, 0.15) is 23.2 Å². The average Bonchev–Trinajstić information content (AvgIpc) is 2.88. The molecule has 2 rings (SSSR count). The summed E-state index contributed by atoms with van der Waals surface area (Å²) < 4.78 is 39.7. The molecule has 1 unspecified atom stereocenters. The van der Waals surface area contributed by atoms with E-state index in [1.54, 1.807) is 0 Å². The third kappa shape index (κ3) is 2.69. The second-order valence-corrected chi connectivity index (χ2v) is 4.41. The lowest BCUT2D eigenvalue weighted by atomic mass is 10.1. The van der Waals surface area contributed by atoms with Gasteiger partial charge in [-0.15, -0.1) is 12.4 Å². The number of hydrogen-bond donors (Lipinski definition) is 2. The van der Waals surface area contributed by atoms with Gasteiger partial charge in [0.1, 0.15) is 0 Å². The summed E-state index contributed by atoms with van der Waals surface area (Å²) in [5.74, 6) is -6.89. The summed E-state index contributed by atoms with van der Waals surface area (Å²) >= 11 is 0. The van der Waals surface area contributed by atoms with E-state index in [2.05, 4.69) is 0 Å². The van der Waals surface area contributed by atoms with E-state index in [4.69, 9.17) is 10.8 Å². The van der Waals surface area contributed by atoms with Crippen LogP contribution in [0.2, 0.25) is 0 Å². The summed E-state index contributed by atoms with van der Waals surface area (Å²) in [7, 11) is 0. The Labute approximate surface area is 119 Å². The number of carbonyl (C=O) groups is 1. The lowest BCUT2D eigenvalue weighted by molar-refractivity contribution is 0.0734. The van der Waals surface area contributed by atoms with Crippen molar-refractivity contribution in [2.24, 2.45) is 5.73 Å². The average molecular weight is 311 g/mol. The Morgan fingerprint density at radius 3 is 2.65 bits per heavy atom. The third-order valence-corrected chi connectivity index (χ3v) is 3.27. The molecular weight excluding hydrogens is 297 g/mol.